The lowest BCUT2D eigenvalue weighted by molar-refractivity contribution is 0.0322. The first kappa shape index (κ1) is 14.6. The molecule has 1 aliphatic rings. The van der Waals surface area contributed by atoms with Crippen LogP contribution >= 0.6 is 11.6 Å². The van der Waals surface area contributed by atoms with Gasteiger partial charge in [0.15, 0.2) is 0 Å². The van der Waals surface area contributed by atoms with E-state index in [4.69, 9.17) is 21.1 Å². The molecule has 1 N–H and O–H groups in total. The molecule has 1 aromatic rings. The summed E-state index contributed by atoms with van der Waals surface area (Å²) in [4.78, 5) is 2.31. The van der Waals surface area contributed by atoms with Crippen molar-refractivity contribution in [2.75, 3.05) is 39.5 Å². The highest BCUT2D eigenvalue weighted by molar-refractivity contribution is 6.32. The minimum Gasteiger partial charge on any atom is -0.491 e. The van der Waals surface area contributed by atoms with E-state index in [1.165, 1.54) is 0 Å². The Balaban J connectivity index is 1.82. The van der Waals surface area contributed by atoms with Crippen LogP contribution in [0, 0.1) is 0 Å². The number of rotatable bonds is 5. The molecular formula is C14H20ClNO3. The fourth-order valence-corrected chi connectivity index (χ4v) is 2.25. The molecular weight excluding hydrogens is 266 g/mol. The van der Waals surface area contributed by atoms with E-state index in [0.29, 0.717) is 17.4 Å². The summed E-state index contributed by atoms with van der Waals surface area (Å²) in [5.41, 5.74) is 0.797. The van der Waals surface area contributed by atoms with Gasteiger partial charge in [0.05, 0.1) is 24.3 Å². The lowest BCUT2D eigenvalue weighted by atomic mass is 10.1. The van der Waals surface area contributed by atoms with Crippen molar-refractivity contribution in [3.05, 3.63) is 28.8 Å². The molecule has 0 bridgehead atoms. The summed E-state index contributed by atoms with van der Waals surface area (Å²) < 4.78 is 11.0. The van der Waals surface area contributed by atoms with Crippen LogP contribution in [0.1, 0.15) is 18.6 Å². The van der Waals surface area contributed by atoms with E-state index in [-0.39, 0.29) is 0 Å². The lowest BCUT2D eigenvalue weighted by Gasteiger charge is -2.26. The van der Waals surface area contributed by atoms with Crippen LogP contribution < -0.4 is 4.74 Å². The Bertz CT molecular complexity index is 406. The first-order chi connectivity index (χ1) is 9.16. The number of morpholine rings is 1. The zero-order valence-electron chi connectivity index (χ0n) is 11.1. The second-order valence-electron chi connectivity index (χ2n) is 4.67. The van der Waals surface area contributed by atoms with Crippen LogP contribution in [0.25, 0.3) is 0 Å². The van der Waals surface area contributed by atoms with Gasteiger partial charge in [0.25, 0.3) is 0 Å². The van der Waals surface area contributed by atoms with Crippen LogP contribution in [0.4, 0.5) is 0 Å². The predicted molar refractivity (Wildman–Crippen MR) is 74.8 cm³/mol. The van der Waals surface area contributed by atoms with Crippen LogP contribution in [0.15, 0.2) is 18.2 Å². The molecule has 1 atom stereocenters. The molecule has 1 heterocycles. The van der Waals surface area contributed by atoms with Crippen LogP contribution in [-0.2, 0) is 4.74 Å². The highest BCUT2D eigenvalue weighted by Crippen LogP contribution is 2.27. The summed E-state index contributed by atoms with van der Waals surface area (Å²) in [6, 6.07) is 5.39. The van der Waals surface area contributed by atoms with Crippen LogP contribution in [-0.4, -0.2) is 49.5 Å². The number of aliphatic hydroxyl groups excluding tert-OH is 1. The number of ether oxygens (including phenoxy) is 2. The van der Waals surface area contributed by atoms with Gasteiger partial charge in [-0.05, 0) is 24.6 Å². The van der Waals surface area contributed by atoms with Gasteiger partial charge < -0.3 is 14.6 Å². The molecule has 1 aliphatic heterocycles. The van der Waals surface area contributed by atoms with E-state index in [2.05, 4.69) is 4.90 Å². The number of aliphatic hydroxyl groups is 1. The van der Waals surface area contributed by atoms with Gasteiger partial charge in [-0.15, -0.1) is 0 Å². The first-order valence-electron chi connectivity index (χ1n) is 6.57. The van der Waals surface area contributed by atoms with Crippen LogP contribution in [0.5, 0.6) is 5.75 Å². The number of halogens is 1. The molecule has 1 aromatic carbocycles. The molecule has 0 aromatic heterocycles. The average Bonchev–Trinajstić information content (AvgIpc) is 2.41. The topological polar surface area (TPSA) is 41.9 Å². The summed E-state index contributed by atoms with van der Waals surface area (Å²) in [5.74, 6) is 0.666. The summed E-state index contributed by atoms with van der Waals surface area (Å²) in [7, 11) is 0. The first-order valence-corrected chi connectivity index (χ1v) is 6.95. The van der Waals surface area contributed by atoms with Gasteiger partial charge in [0, 0.05) is 19.6 Å². The quantitative estimate of drug-likeness (QED) is 0.900. The van der Waals surface area contributed by atoms with E-state index in [9.17, 15) is 5.11 Å². The van der Waals surface area contributed by atoms with Crippen molar-refractivity contribution < 1.29 is 14.6 Å². The third-order valence-corrected chi connectivity index (χ3v) is 3.50. The summed E-state index contributed by atoms with van der Waals surface area (Å²) in [5, 5.41) is 10.0. The van der Waals surface area contributed by atoms with Gasteiger partial charge in [0.2, 0.25) is 0 Å². The Morgan fingerprint density at radius 3 is 2.79 bits per heavy atom. The summed E-state index contributed by atoms with van der Waals surface area (Å²) >= 11 is 6.13. The molecule has 0 amide bonds. The monoisotopic (exact) mass is 285 g/mol. The minimum absolute atomic E-state index is 0.514. The van der Waals surface area contributed by atoms with E-state index < -0.39 is 6.10 Å². The van der Waals surface area contributed by atoms with Crippen molar-refractivity contribution >= 4 is 11.6 Å². The molecule has 0 spiro atoms. The van der Waals surface area contributed by atoms with Crippen molar-refractivity contribution in [1.29, 1.82) is 0 Å². The van der Waals surface area contributed by atoms with Gasteiger partial charge in [0.1, 0.15) is 12.4 Å². The van der Waals surface area contributed by atoms with E-state index in [1.807, 2.05) is 12.1 Å². The number of hydrogen-bond acceptors (Lipinski definition) is 4. The maximum atomic E-state index is 9.47. The summed E-state index contributed by atoms with van der Waals surface area (Å²) in [6.07, 6.45) is -0.514. The van der Waals surface area contributed by atoms with Gasteiger partial charge in [-0.1, -0.05) is 17.7 Å². The fourth-order valence-electron chi connectivity index (χ4n) is 2.00. The molecule has 106 valence electrons. The van der Waals surface area contributed by atoms with Gasteiger partial charge in [-0.2, -0.15) is 0 Å². The third-order valence-electron chi connectivity index (χ3n) is 3.21. The molecule has 2 rings (SSSR count). The molecule has 1 fully saturated rings. The van der Waals surface area contributed by atoms with Gasteiger partial charge in [-0.25, -0.2) is 0 Å². The highest BCUT2D eigenvalue weighted by atomic mass is 35.5. The highest BCUT2D eigenvalue weighted by Gasteiger charge is 2.11. The zero-order valence-corrected chi connectivity index (χ0v) is 11.9. The fraction of sp³-hybridized carbons (Fsp3) is 0.571. The maximum Gasteiger partial charge on any atom is 0.137 e. The Morgan fingerprint density at radius 2 is 2.16 bits per heavy atom. The molecule has 1 saturated heterocycles. The molecule has 4 nitrogen and oxygen atoms in total. The van der Waals surface area contributed by atoms with E-state index >= 15 is 0 Å². The third kappa shape index (κ3) is 4.35. The minimum atomic E-state index is -0.514. The molecule has 19 heavy (non-hydrogen) atoms. The SMILES string of the molecule is C[C@@H](O)c1ccc(OCCN2CCOCC2)c(Cl)c1. The predicted octanol–water partition coefficient (Wildman–Crippen LogP) is 2.10. The van der Waals surface area contributed by atoms with Crippen molar-refractivity contribution in [1.82, 2.24) is 4.90 Å². The van der Waals surface area contributed by atoms with E-state index in [1.54, 1.807) is 13.0 Å². The molecule has 0 unspecified atom stereocenters. The van der Waals surface area contributed by atoms with Crippen molar-refractivity contribution in [2.45, 2.75) is 13.0 Å². The molecule has 0 saturated carbocycles. The Morgan fingerprint density at radius 1 is 1.42 bits per heavy atom. The van der Waals surface area contributed by atoms with Crippen LogP contribution in [0.3, 0.4) is 0 Å². The normalized spacial score (nSPS) is 18.3. The average molecular weight is 286 g/mol. The van der Waals surface area contributed by atoms with Gasteiger partial charge in [-0.3, -0.25) is 4.90 Å². The van der Waals surface area contributed by atoms with Crippen molar-refractivity contribution in [3.8, 4) is 5.75 Å². The maximum absolute atomic E-state index is 9.47. The Kier molecular flexibility index (Phi) is 5.45. The number of hydrogen-bond donors (Lipinski definition) is 1. The van der Waals surface area contributed by atoms with Crippen LogP contribution in [0.2, 0.25) is 5.02 Å². The number of benzene rings is 1. The largest absolute Gasteiger partial charge is 0.491 e. The van der Waals surface area contributed by atoms with Crippen molar-refractivity contribution in [2.24, 2.45) is 0 Å². The lowest BCUT2D eigenvalue weighted by Crippen LogP contribution is -2.38. The van der Waals surface area contributed by atoms with E-state index in [0.717, 1.165) is 38.4 Å². The second-order valence-corrected chi connectivity index (χ2v) is 5.08. The summed E-state index contributed by atoms with van der Waals surface area (Å²) in [6.45, 7) is 6.69. The smallest absolute Gasteiger partial charge is 0.137 e. The second kappa shape index (κ2) is 7.10. The van der Waals surface area contributed by atoms with Crippen molar-refractivity contribution in [3.63, 3.8) is 0 Å². The standard InChI is InChI=1S/C14H20ClNO3/c1-11(17)12-2-3-14(13(15)10-12)19-9-6-16-4-7-18-8-5-16/h2-3,10-11,17H,4-9H2,1H3/t11-/m1/s1. The zero-order chi connectivity index (χ0) is 13.7. The van der Waals surface area contributed by atoms with Gasteiger partial charge >= 0.3 is 0 Å². The molecule has 5 heteroatoms. The molecule has 0 radical (unpaired) electrons. The number of nitrogens with zero attached hydrogens (tertiary/aromatic N) is 1. The Hall–Kier alpha value is -0.810. The Labute approximate surface area is 118 Å². The molecule has 0 aliphatic carbocycles.